The maximum Gasteiger partial charge on any atom is 0.311 e. The number of benzene rings is 2. The molecule has 8 nitrogen and oxygen atoms in total. The standard InChI is InChI=1S/C26H29BrN4O4/c1-26(2,3)16-35-23-12-9-17(13-22(23)31(33)34)15-28-30-24(18-7-5-4-6-8-18)29-21-11-10-19(27)14-20(21)25(30)32/h9-15,18H,4-8,16H2,1-3H3. The molecule has 2 aromatic carbocycles. The lowest BCUT2D eigenvalue weighted by Gasteiger charge is -2.22. The van der Waals surface area contributed by atoms with Crippen LogP contribution in [0.4, 0.5) is 5.69 Å². The van der Waals surface area contributed by atoms with Gasteiger partial charge in [0.1, 0.15) is 5.82 Å². The van der Waals surface area contributed by atoms with Gasteiger partial charge in [-0.05, 0) is 48.6 Å². The number of ether oxygens (including phenoxy) is 1. The van der Waals surface area contributed by atoms with Crippen LogP contribution in [0.2, 0.25) is 0 Å². The van der Waals surface area contributed by atoms with Crippen LogP contribution in [0.25, 0.3) is 10.9 Å². The molecule has 184 valence electrons. The SMILES string of the molecule is CC(C)(C)COc1ccc(C=Nn2c(C3CCCCC3)nc3ccc(Br)cc3c2=O)cc1[N+](=O)[O-]. The average molecular weight is 541 g/mol. The minimum Gasteiger partial charge on any atom is -0.486 e. The number of nitro benzene ring substituents is 1. The summed E-state index contributed by atoms with van der Waals surface area (Å²) in [5.41, 5.74) is 0.603. The Morgan fingerprint density at radius 3 is 2.63 bits per heavy atom. The zero-order valence-corrected chi connectivity index (χ0v) is 21.7. The zero-order chi connectivity index (χ0) is 25.2. The Bertz CT molecular complexity index is 1340. The number of aromatic nitrogens is 2. The van der Waals surface area contributed by atoms with Crippen molar-refractivity contribution in [3.05, 3.63) is 72.7 Å². The second kappa shape index (κ2) is 10.3. The predicted octanol–water partition coefficient (Wildman–Crippen LogP) is 6.42. The Morgan fingerprint density at radius 2 is 1.94 bits per heavy atom. The summed E-state index contributed by atoms with van der Waals surface area (Å²) in [5, 5.41) is 16.6. The zero-order valence-electron chi connectivity index (χ0n) is 20.2. The van der Waals surface area contributed by atoms with Crippen LogP contribution in [-0.4, -0.2) is 27.4 Å². The molecule has 0 N–H and O–H groups in total. The Morgan fingerprint density at radius 1 is 1.20 bits per heavy atom. The van der Waals surface area contributed by atoms with Crippen molar-refractivity contribution < 1.29 is 9.66 Å². The second-order valence-electron chi connectivity index (χ2n) is 10.2. The summed E-state index contributed by atoms with van der Waals surface area (Å²) >= 11 is 3.42. The van der Waals surface area contributed by atoms with Gasteiger partial charge in [0.2, 0.25) is 0 Å². The van der Waals surface area contributed by atoms with E-state index >= 15 is 0 Å². The Labute approximate surface area is 212 Å². The smallest absolute Gasteiger partial charge is 0.311 e. The van der Waals surface area contributed by atoms with Gasteiger partial charge < -0.3 is 4.74 Å². The highest BCUT2D eigenvalue weighted by Gasteiger charge is 2.23. The molecule has 0 atom stereocenters. The Hall–Kier alpha value is -3.07. The molecule has 0 aliphatic heterocycles. The number of nitrogens with zero attached hydrogens (tertiary/aromatic N) is 4. The normalized spacial score (nSPS) is 15.1. The maximum absolute atomic E-state index is 13.4. The Kier molecular flexibility index (Phi) is 7.35. The molecule has 0 amide bonds. The van der Waals surface area contributed by atoms with E-state index in [0.717, 1.165) is 30.2 Å². The third kappa shape index (κ3) is 5.96. The molecule has 35 heavy (non-hydrogen) atoms. The molecule has 0 unspecified atom stereocenters. The molecule has 0 spiro atoms. The topological polar surface area (TPSA) is 99.6 Å². The third-order valence-corrected chi connectivity index (χ3v) is 6.46. The summed E-state index contributed by atoms with van der Waals surface area (Å²) in [5.74, 6) is 0.990. The van der Waals surface area contributed by atoms with Crippen LogP contribution in [0.3, 0.4) is 0 Å². The van der Waals surface area contributed by atoms with Crippen LogP contribution in [0.5, 0.6) is 5.75 Å². The van der Waals surface area contributed by atoms with Gasteiger partial charge in [-0.15, -0.1) is 0 Å². The van der Waals surface area contributed by atoms with Crippen molar-refractivity contribution in [2.24, 2.45) is 10.5 Å². The minimum atomic E-state index is -0.468. The van der Waals surface area contributed by atoms with E-state index in [1.54, 1.807) is 18.2 Å². The van der Waals surface area contributed by atoms with E-state index in [0.29, 0.717) is 28.9 Å². The summed E-state index contributed by atoms with van der Waals surface area (Å²) in [6.07, 6.45) is 6.73. The molecule has 0 radical (unpaired) electrons. The van der Waals surface area contributed by atoms with E-state index in [1.807, 2.05) is 32.9 Å². The Balaban J connectivity index is 1.75. The number of rotatable bonds is 6. The van der Waals surface area contributed by atoms with Crippen molar-refractivity contribution in [1.82, 2.24) is 9.66 Å². The predicted molar refractivity (Wildman–Crippen MR) is 141 cm³/mol. The monoisotopic (exact) mass is 540 g/mol. The van der Waals surface area contributed by atoms with Crippen molar-refractivity contribution >= 4 is 38.7 Å². The summed E-state index contributed by atoms with van der Waals surface area (Å²) in [6.45, 7) is 6.34. The fourth-order valence-corrected chi connectivity index (χ4v) is 4.56. The van der Waals surface area contributed by atoms with Crippen molar-refractivity contribution in [3.63, 3.8) is 0 Å². The highest BCUT2D eigenvalue weighted by atomic mass is 79.9. The molecule has 1 aliphatic rings. The fraction of sp³-hybridized carbons (Fsp3) is 0.423. The summed E-state index contributed by atoms with van der Waals surface area (Å²) in [4.78, 5) is 29.5. The summed E-state index contributed by atoms with van der Waals surface area (Å²) in [6, 6.07) is 10.1. The maximum atomic E-state index is 13.4. The van der Waals surface area contributed by atoms with Gasteiger partial charge in [0.15, 0.2) is 5.75 Å². The van der Waals surface area contributed by atoms with E-state index in [4.69, 9.17) is 9.72 Å². The number of hydrogen-bond acceptors (Lipinski definition) is 6. The van der Waals surface area contributed by atoms with E-state index in [9.17, 15) is 14.9 Å². The number of fused-ring (bicyclic) bond motifs is 1. The van der Waals surface area contributed by atoms with Gasteiger partial charge in [-0.25, -0.2) is 4.98 Å². The van der Waals surface area contributed by atoms with Gasteiger partial charge in [-0.1, -0.05) is 56.0 Å². The number of nitro groups is 1. The number of halogens is 1. The van der Waals surface area contributed by atoms with Crippen LogP contribution < -0.4 is 10.3 Å². The molecule has 1 saturated carbocycles. The first-order valence-electron chi connectivity index (χ1n) is 11.8. The average Bonchev–Trinajstić information content (AvgIpc) is 2.82. The van der Waals surface area contributed by atoms with E-state index in [2.05, 4.69) is 21.0 Å². The second-order valence-corrected chi connectivity index (χ2v) is 11.1. The molecule has 1 heterocycles. The van der Waals surface area contributed by atoms with E-state index < -0.39 is 4.92 Å². The highest BCUT2D eigenvalue weighted by molar-refractivity contribution is 9.10. The molecule has 4 rings (SSSR count). The molecule has 0 saturated heterocycles. The first-order valence-corrected chi connectivity index (χ1v) is 12.6. The highest BCUT2D eigenvalue weighted by Crippen LogP contribution is 2.32. The van der Waals surface area contributed by atoms with Crippen LogP contribution in [0, 0.1) is 15.5 Å². The molecule has 9 heteroatoms. The molecule has 0 bridgehead atoms. The lowest BCUT2D eigenvalue weighted by molar-refractivity contribution is -0.386. The minimum absolute atomic E-state index is 0.136. The van der Waals surface area contributed by atoms with E-state index in [1.165, 1.54) is 23.4 Å². The van der Waals surface area contributed by atoms with Crippen LogP contribution in [0.1, 0.15) is 70.2 Å². The lowest BCUT2D eigenvalue weighted by Crippen LogP contribution is -2.25. The van der Waals surface area contributed by atoms with Crippen molar-refractivity contribution in [2.75, 3.05) is 6.61 Å². The summed E-state index contributed by atoms with van der Waals surface area (Å²) in [7, 11) is 0. The molecule has 3 aromatic rings. The van der Waals surface area contributed by atoms with Gasteiger partial charge in [0.05, 0.1) is 28.6 Å². The van der Waals surface area contributed by atoms with Crippen molar-refractivity contribution in [1.29, 1.82) is 0 Å². The van der Waals surface area contributed by atoms with Crippen molar-refractivity contribution in [3.8, 4) is 5.75 Å². The third-order valence-electron chi connectivity index (χ3n) is 5.97. The van der Waals surface area contributed by atoms with Gasteiger partial charge in [-0.2, -0.15) is 9.78 Å². The van der Waals surface area contributed by atoms with Gasteiger partial charge in [0, 0.05) is 22.0 Å². The molecule has 1 aromatic heterocycles. The molecule has 1 aliphatic carbocycles. The van der Waals surface area contributed by atoms with Crippen LogP contribution >= 0.6 is 15.9 Å². The molecule has 1 fully saturated rings. The van der Waals surface area contributed by atoms with Crippen molar-refractivity contribution in [2.45, 2.75) is 58.8 Å². The van der Waals surface area contributed by atoms with Crippen LogP contribution in [-0.2, 0) is 0 Å². The summed E-state index contributed by atoms with van der Waals surface area (Å²) < 4.78 is 7.85. The largest absolute Gasteiger partial charge is 0.486 e. The van der Waals surface area contributed by atoms with Crippen LogP contribution in [0.15, 0.2) is 50.8 Å². The van der Waals surface area contributed by atoms with Gasteiger partial charge in [-0.3, -0.25) is 14.9 Å². The molecular formula is C26H29BrN4O4. The first-order chi connectivity index (χ1) is 16.6. The quantitative estimate of drug-likeness (QED) is 0.204. The first kappa shape index (κ1) is 25.0. The fourth-order valence-electron chi connectivity index (χ4n) is 4.20. The van der Waals surface area contributed by atoms with Gasteiger partial charge >= 0.3 is 5.69 Å². The molecular weight excluding hydrogens is 512 g/mol. The van der Waals surface area contributed by atoms with E-state index in [-0.39, 0.29) is 28.3 Å². The van der Waals surface area contributed by atoms with Gasteiger partial charge in [0.25, 0.3) is 5.56 Å². The lowest BCUT2D eigenvalue weighted by atomic mass is 9.88. The number of hydrogen-bond donors (Lipinski definition) is 0.